The third kappa shape index (κ3) is 3.96. The van der Waals surface area contributed by atoms with Gasteiger partial charge in [-0.05, 0) is 37.5 Å². The number of alkyl halides is 1. The Balaban J connectivity index is 2.09. The summed E-state index contributed by atoms with van der Waals surface area (Å²) in [5.74, 6) is -0.0173. The minimum absolute atomic E-state index is 0.0173. The van der Waals surface area contributed by atoms with Gasteiger partial charge in [0.2, 0.25) is 0 Å². The van der Waals surface area contributed by atoms with Crippen LogP contribution in [0.3, 0.4) is 0 Å². The summed E-state index contributed by atoms with van der Waals surface area (Å²) >= 11 is 9.77. The molecule has 0 bridgehead atoms. The summed E-state index contributed by atoms with van der Waals surface area (Å²) in [6.07, 6.45) is 5.49. The highest BCUT2D eigenvalue weighted by molar-refractivity contribution is 9.10. The number of amides is 1. The molecule has 1 N–H and O–H groups in total. The van der Waals surface area contributed by atoms with Gasteiger partial charge in [-0.2, -0.15) is 0 Å². The number of nitrogens with one attached hydrogen (secondary N) is 1. The van der Waals surface area contributed by atoms with Gasteiger partial charge in [-0.1, -0.05) is 41.3 Å². The average Bonchev–Trinajstić information content (AvgIpc) is 2.58. The van der Waals surface area contributed by atoms with Crippen molar-refractivity contribution in [3.8, 4) is 0 Å². The van der Waals surface area contributed by atoms with Crippen LogP contribution in [0.4, 0.5) is 0 Å². The Kier molecular flexibility index (Phi) is 5.28. The van der Waals surface area contributed by atoms with Gasteiger partial charge in [-0.15, -0.1) is 11.6 Å². The molecule has 0 spiro atoms. The zero-order valence-corrected chi connectivity index (χ0v) is 13.4. The molecule has 1 aromatic carbocycles. The van der Waals surface area contributed by atoms with Crippen LogP contribution in [0.25, 0.3) is 0 Å². The van der Waals surface area contributed by atoms with Crippen molar-refractivity contribution in [3.05, 3.63) is 33.8 Å². The van der Waals surface area contributed by atoms with Crippen LogP contribution in [0.1, 0.15) is 48.0 Å². The molecular formula is C15H19BrClNO. The lowest BCUT2D eigenvalue weighted by Crippen LogP contribution is -2.40. The molecule has 2 atom stereocenters. The Labute approximate surface area is 128 Å². The zero-order valence-electron chi connectivity index (χ0n) is 11.1. The Morgan fingerprint density at radius 2 is 2.05 bits per heavy atom. The van der Waals surface area contributed by atoms with Crippen LogP contribution in [-0.4, -0.2) is 17.3 Å². The van der Waals surface area contributed by atoms with Gasteiger partial charge in [0.15, 0.2) is 0 Å². The summed E-state index contributed by atoms with van der Waals surface area (Å²) in [5, 5.41) is 3.16. The van der Waals surface area contributed by atoms with Gasteiger partial charge >= 0.3 is 0 Å². The predicted octanol–water partition coefficient (Wildman–Crippen LogP) is 4.43. The fourth-order valence-corrected chi connectivity index (χ4v) is 3.21. The van der Waals surface area contributed by atoms with E-state index in [4.69, 9.17) is 11.6 Å². The lowest BCUT2D eigenvalue weighted by Gasteiger charge is -2.21. The fourth-order valence-electron chi connectivity index (χ4n) is 2.51. The Morgan fingerprint density at radius 1 is 1.32 bits per heavy atom. The van der Waals surface area contributed by atoms with Crippen molar-refractivity contribution in [1.82, 2.24) is 5.32 Å². The second kappa shape index (κ2) is 6.76. The molecule has 2 rings (SSSR count). The lowest BCUT2D eigenvalue weighted by atomic mass is 10.1. The maximum Gasteiger partial charge on any atom is 0.251 e. The molecule has 0 heterocycles. The number of rotatable bonds is 2. The van der Waals surface area contributed by atoms with Gasteiger partial charge in [-0.3, -0.25) is 4.79 Å². The molecular weight excluding hydrogens is 326 g/mol. The SMILES string of the molecule is Cc1ccc(Br)cc1C(=O)NC1CCCCCC1Cl. The molecule has 0 aromatic heterocycles. The summed E-state index contributed by atoms with van der Waals surface area (Å²) in [6.45, 7) is 1.95. The first-order valence-electron chi connectivity index (χ1n) is 6.79. The van der Waals surface area contributed by atoms with E-state index in [0.717, 1.165) is 41.3 Å². The first-order valence-corrected chi connectivity index (χ1v) is 8.02. The number of hydrogen-bond donors (Lipinski definition) is 1. The van der Waals surface area contributed by atoms with Crippen molar-refractivity contribution in [3.63, 3.8) is 0 Å². The van der Waals surface area contributed by atoms with Crippen molar-refractivity contribution in [2.45, 2.75) is 50.4 Å². The van der Waals surface area contributed by atoms with Crippen LogP contribution in [0, 0.1) is 6.92 Å². The van der Waals surface area contributed by atoms with Gasteiger partial charge < -0.3 is 5.32 Å². The van der Waals surface area contributed by atoms with Gasteiger partial charge in [-0.25, -0.2) is 0 Å². The Hall–Kier alpha value is -0.540. The highest BCUT2D eigenvalue weighted by Crippen LogP contribution is 2.23. The summed E-state index contributed by atoms with van der Waals surface area (Å²) in [4.78, 5) is 12.4. The lowest BCUT2D eigenvalue weighted by molar-refractivity contribution is 0.0933. The summed E-state index contributed by atoms with van der Waals surface area (Å²) in [5.41, 5.74) is 1.71. The van der Waals surface area contributed by atoms with Crippen LogP contribution in [0.2, 0.25) is 0 Å². The summed E-state index contributed by atoms with van der Waals surface area (Å²) in [7, 11) is 0. The summed E-state index contributed by atoms with van der Waals surface area (Å²) in [6, 6.07) is 5.85. The molecule has 2 unspecified atom stereocenters. The van der Waals surface area contributed by atoms with E-state index in [1.807, 2.05) is 25.1 Å². The van der Waals surface area contributed by atoms with Crippen molar-refractivity contribution >= 4 is 33.4 Å². The molecule has 0 radical (unpaired) electrons. The third-order valence-corrected chi connectivity index (χ3v) is 4.71. The van der Waals surface area contributed by atoms with Gasteiger partial charge in [0.25, 0.3) is 5.91 Å². The largest absolute Gasteiger partial charge is 0.348 e. The number of hydrogen-bond acceptors (Lipinski definition) is 1. The standard InChI is InChI=1S/C15H19BrClNO/c1-10-7-8-11(16)9-12(10)15(19)18-14-6-4-2-3-5-13(14)17/h7-9,13-14H,2-6H2,1H3,(H,18,19). The first-order chi connectivity index (χ1) is 9.08. The van der Waals surface area contributed by atoms with Crippen molar-refractivity contribution in [1.29, 1.82) is 0 Å². The van der Waals surface area contributed by atoms with E-state index in [2.05, 4.69) is 21.2 Å². The quantitative estimate of drug-likeness (QED) is 0.624. The van der Waals surface area contributed by atoms with Crippen molar-refractivity contribution in [2.75, 3.05) is 0 Å². The molecule has 2 nitrogen and oxygen atoms in total. The number of halogens is 2. The highest BCUT2D eigenvalue weighted by Gasteiger charge is 2.24. The van der Waals surface area contributed by atoms with Crippen LogP contribution in [-0.2, 0) is 0 Å². The molecule has 1 aliphatic rings. The van der Waals surface area contributed by atoms with Crippen LogP contribution in [0.15, 0.2) is 22.7 Å². The normalized spacial score (nSPS) is 23.7. The van der Waals surface area contributed by atoms with E-state index in [1.165, 1.54) is 6.42 Å². The number of aryl methyl sites for hydroxylation is 1. The van der Waals surface area contributed by atoms with Crippen LogP contribution in [0.5, 0.6) is 0 Å². The maximum atomic E-state index is 12.4. The van der Waals surface area contributed by atoms with Gasteiger partial charge in [0.1, 0.15) is 0 Å². The highest BCUT2D eigenvalue weighted by atomic mass is 79.9. The molecule has 1 aromatic rings. The maximum absolute atomic E-state index is 12.4. The number of carbonyl (C=O) groups is 1. The second-order valence-corrected chi connectivity index (χ2v) is 6.67. The number of carbonyl (C=O) groups excluding carboxylic acids is 1. The Bertz CT molecular complexity index is 463. The van der Waals surface area contributed by atoms with E-state index in [-0.39, 0.29) is 17.3 Å². The Morgan fingerprint density at radius 3 is 2.84 bits per heavy atom. The zero-order chi connectivity index (χ0) is 13.8. The molecule has 1 fully saturated rings. The van der Waals surface area contributed by atoms with E-state index < -0.39 is 0 Å². The van der Waals surface area contributed by atoms with Gasteiger partial charge in [0.05, 0.1) is 5.38 Å². The predicted molar refractivity (Wildman–Crippen MR) is 82.9 cm³/mol. The average molecular weight is 345 g/mol. The first kappa shape index (κ1) is 14.9. The van der Waals surface area contributed by atoms with Crippen molar-refractivity contribution in [2.24, 2.45) is 0 Å². The molecule has 1 amide bonds. The molecule has 1 aliphatic carbocycles. The molecule has 1 saturated carbocycles. The molecule has 0 saturated heterocycles. The topological polar surface area (TPSA) is 29.1 Å². The summed E-state index contributed by atoms with van der Waals surface area (Å²) < 4.78 is 0.923. The van der Waals surface area contributed by atoms with E-state index in [0.29, 0.717) is 0 Å². The molecule has 19 heavy (non-hydrogen) atoms. The van der Waals surface area contributed by atoms with Crippen molar-refractivity contribution < 1.29 is 4.79 Å². The molecule has 0 aliphatic heterocycles. The van der Waals surface area contributed by atoms with Crippen LogP contribution >= 0.6 is 27.5 Å². The second-order valence-electron chi connectivity index (χ2n) is 5.19. The smallest absolute Gasteiger partial charge is 0.251 e. The van der Waals surface area contributed by atoms with E-state index in [9.17, 15) is 4.79 Å². The van der Waals surface area contributed by atoms with E-state index >= 15 is 0 Å². The monoisotopic (exact) mass is 343 g/mol. The van der Waals surface area contributed by atoms with Gasteiger partial charge in [0, 0.05) is 16.1 Å². The molecule has 4 heteroatoms. The van der Waals surface area contributed by atoms with Crippen LogP contribution < -0.4 is 5.32 Å². The molecule has 104 valence electrons. The number of benzene rings is 1. The van der Waals surface area contributed by atoms with E-state index in [1.54, 1.807) is 0 Å². The fraction of sp³-hybridized carbons (Fsp3) is 0.533. The minimum Gasteiger partial charge on any atom is -0.348 e. The minimum atomic E-state index is -0.0173. The third-order valence-electron chi connectivity index (χ3n) is 3.69.